The van der Waals surface area contributed by atoms with Crippen LogP contribution in [0.25, 0.3) is 6.20 Å². The van der Waals surface area contributed by atoms with E-state index in [1.807, 2.05) is 18.2 Å². The first-order chi connectivity index (χ1) is 8.66. The predicted octanol–water partition coefficient (Wildman–Crippen LogP) is 2.56. The highest BCUT2D eigenvalue weighted by Crippen LogP contribution is 2.06. The maximum atomic E-state index is 11.8. The van der Waals surface area contributed by atoms with Crippen molar-refractivity contribution in [3.8, 4) is 0 Å². The van der Waals surface area contributed by atoms with Crippen molar-refractivity contribution in [3.63, 3.8) is 0 Å². The molecule has 2 aromatic rings. The van der Waals surface area contributed by atoms with Gasteiger partial charge in [-0.3, -0.25) is 10.5 Å². The highest BCUT2D eigenvalue weighted by molar-refractivity contribution is 6.30. The van der Waals surface area contributed by atoms with Gasteiger partial charge in [0.15, 0.2) is 5.78 Å². The van der Waals surface area contributed by atoms with Crippen LogP contribution in [-0.2, 0) is 0 Å². The van der Waals surface area contributed by atoms with Gasteiger partial charge < -0.3 is 0 Å². The monoisotopic (exact) mass is 259 g/mol. The Labute approximate surface area is 110 Å². The minimum atomic E-state index is -0.0810. The molecule has 4 heteroatoms. The highest BCUT2D eigenvalue weighted by Gasteiger charge is 2.04. The normalized spacial score (nSPS) is 10.7. The van der Waals surface area contributed by atoms with E-state index in [1.54, 1.807) is 41.2 Å². The summed E-state index contributed by atoms with van der Waals surface area (Å²) >= 11 is 5.85. The number of anilines is 1. The van der Waals surface area contributed by atoms with Crippen molar-refractivity contribution in [3.05, 3.63) is 65.3 Å². The topological polar surface area (TPSA) is 47.0 Å². The third kappa shape index (κ3) is 2.96. The van der Waals surface area contributed by atoms with Gasteiger partial charge in [-0.05, 0) is 6.07 Å². The lowest BCUT2D eigenvalue weighted by molar-refractivity contribution is -0.552. The third-order valence-corrected chi connectivity index (χ3v) is 2.64. The molecule has 0 unspecified atom stereocenters. The number of pyridine rings is 1. The smallest absolute Gasteiger partial charge is 0.277 e. The van der Waals surface area contributed by atoms with Gasteiger partial charge in [0.05, 0.1) is 11.2 Å². The molecular formula is C14H12ClN2O+. The molecule has 0 radical (unpaired) electrons. The Hall–Kier alpha value is -2.13. The van der Waals surface area contributed by atoms with E-state index in [0.717, 1.165) is 0 Å². The van der Waals surface area contributed by atoms with Crippen molar-refractivity contribution in [2.75, 3.05) is 5.73 Å². The fraction of sp³-hybridized carbons (Fsp3) is 0. The molecule has 1 aromatic carbocycles. The third-order valence-electron chi connectivity index (χ3n) is 2.42. The number of nitrogens with zero attached hydrogens (tertiary/aromatic N) is 1. The molecule has 0 atom stereocenters. The van der Waals surface area contributed by atoms with E-state index in [1.165, 1.54) is 6.08 Å². The van der Waals surface area contributed by atoms with Crippen molar-refractivity contribution >= 4 is 29.4 Å². The average Bonchev–Trinajstić information content (AvgIpc) is 2.40. The van der Waals surface area contributed by atoms with E-state index in [-0.39, 0.29) is 5.78 Å². The van der Waals surface area contributed by atoms with Gasteiger partial charge in [-0.2, -0.15) is 0 Å². The zero-order valence-corrected chi connectivity index (χ0v) is 10.3. The molecule has 0 saturated heterocycles. The second-order valence-electron chi connectivity index (χ2n) is 3.73. The van der Waals surface area contributed by atoms with E-state index in [9.17, 15) is 4.79 Å². The molecule has 0 aliphatic carbocycles. The number of allylic oxidation sites excluding steroid dienone is 1. The molecular weight excluding hydrogens is 248 g/mol. The number of nitrogen functional groups attached to an aromatic ring is 1. The number of carbonyl (C=O) groups excluding carboxylic acids is 1. The maximum absolute atomic E-state index is 11.8. The molecule has 2 N–H and O–H groups in total. The summed E-state index contributed by atoms with van der Waals surface area (Å²) in [6.45, 7) is 0. The minimum Gasteiger partial charge on any atom is -0.289 e. The van der Waals surface area contributed by atoms with E-state index in [4.69, 9.17) is 17.3 Å². The number of hydrogen-bond acceptors (Lipinski definition) is 2. The summed E-state index contributed by atoms with van der Waals surface area (Å²) in [6.07, 6.45) is 4.70. The summed E-state index contributed by atoms with van der Waals surface area (Å²) in [4.78, 5) is 11.8. The van der Waals surface area contributed by atoms with Crippen molar-refractivity contribution < 1.29 is 9.36 Å². The van der Waals surface area contributed by atoms with Crippen LogP contribution in [-0.4, -0.2) is 5.78 Å². The van der Waals surface area contributed by atoms with Gasteiger partial charge in [0.1, 0.15) is 6.20 Å². The lowest BCUT2D eigenvalue weighted by Crippen LogP contribution is -2.30. The Kier molecular flexibility index (Phi) is 3.75. The van der Waals surface area contributed by atoms with Crippen LogP contribution in [0.4, 0.5) is 5.82 Å². The number of carbonyl (C=O) groups is 1. The summed E-state index contributed by atoms with van der Waals surface area (Å²) in [5, 5.41) is 0.556. The molecule has 0 bridgehead atoms. The number of rotatable bonds is 3. The molecule has 0 spiro atoms. The van der Waals surface area contributed by atoms with Crippen LogP contribution in [0, 0.1) is 0 Å². The molecule has 1 aromatic heterocycles. The highest BCUT2D eigenvalue weighted by atomic mass is 35.5. The number of hydrogen-bond donors (Lipinski definition) is 1. The summed E-state index contributed by atoms with van der Waals surface area (Å²) in [6, 6.07) is 12.4. The molecule has 90 valence electrons. The van der Waals surface area contributed by atoms with Crippen LogP contribution in [0.1, 0.15) is 10.4 Å². The van der Waals surface area contributed by atoms with Crippen LogP contribution >= 0.6 is 11.6 Å². The van der Waals surface area contributed by atoms with Crippen molar-refractivity contribution in [1.82, 2.24) is 0 Å². The Morgan fingerprint density at radius 1 is 1.17 bits per heavy atom. The Balaban J connectivity index is 2.21. The lowest BCUT2D eigenvalue weighted by atomic mass is 10.1. The van der Waals surface area contributed by atoms with E-state index < -0.39 is 0 Å². The quantitative estimate of drug-likeness (QED) is 0.523. The zero-order valence-electron chi connectivity index (χ0n) is 9.58. The second kappa shape index (κ2) is 5.47. The second-order valence-corrected chi connectivity index (χ2v) is 4.16. The summed E-state index contributed by atoms with van der Waals surface area (Å²) < 4.78 is 1.60. The van der Waals surface area contributed by atoms with Crippen molar-refractivity contribution in [1.29, 1.82) is 0 Å². The number of aromatic nitrogens is 1. The minimum absolute atomic E-state index is 0.0810. The van der Waals surface area contributed by atoms with Gasteiger partial charge in [0.25, 0.3) is 5.82 Å². The molecule has 0 aliphatic rings. The summed E-state index contributed by atoms with van der Waals surface area (Å²) in [5.74, 6) is 0.430. The van der Waals surface area contributed by atoms with Crippen LogP contribution in [0.15, 0.2) is 54.7 Å². The Morgan fingerprint density at radius 2 is 1.89 bits per heavy atom. The van der Waals surface area contributed by atoms with Crippen LogP contribution in [0.3, 0.4) is 0 Å². The van der Waals surface area contributed by atoms with Gasteiger partial charge in [0, 0.05) is 17.7 Å². The maximum Gasteiger partial charge on any atom is 0.277 e. The zero-order chi connectivity index (χ0) is 13.0. The largest absolute Gasteiger partial charge is 0.289 e. The van der Waals surface area contributed by atoms with Gasteiger partial charge in [-0.1, -0.05) is 41.9 Å². The molecule has 0 amide bonds. The standard InChI is InChI=1S/C14H11ClN2O/c15-12-6-7-14(16)17(10-12)9-8-13(18)11-4-2-1-3-5-11/h1-10,16H/p+1/b9-8+. The average molecular weight is 260 g/mol. The van der Waals surface area contributed by atoms with E-state index >= 15 is 0 Å². The molecule has 0 fully saturated rings. The first kappa shape index (κ1) is 12.3. The Bertz CT molecular complexity index is 594. The molecule has 18 heavy (non-hydrogen) atoms. The molecule has 1 heterocycles. The first-order valence-corrected chi connectivity index (χ1v) is 5.78. The number of benzene rings is 1. The lowest BCUT2D eigenvalue weighted by Gasteiger charge is -1.97. The van der Waals surface area contributed by atoms with Crippen molar-refractivity contribution in [2.45, 2.75) is 0 Å². The van der Waals surface area contributed by atoms with Crippen LogP contribution < -0.4 is 10.3 Å². The summed E-state index contributed by atoms with van der Waals surface area (Å²) in [5.41, 5.74) is 6.39. The summed E-state index contributed by atoms with van der Waals surface area (Å²) in [7, 11) is 0. The first-order valence-electron chi connectivity index (χ1n) is 5.40. The molecule has 3 nitrogen and oxygen atoms in total. The number of ketones is 1. The molecule has 0 saturated carbocycles. The van der Waals surface area contributed by atoms with Gasteiger partial charge >= 0.3 is 0 Å². The molecule has 2 rings (SSSR count). The SMILES string of the molecule is Nc1ccc(Cl)c[n+]1/C=C/C(=O)c1ccccc1. The fourth-order valence-electron chi connectivity index (χ4n) is 1.48. The van der Waals surface area contributed by atoms with Crippen LogP contribution in [0.2, 0.25) is 5.02 Å². The van der Waals surface area contributed by atoms with E-state index in [0.29, 0.717) is 16.4 Å². The van der Waals surface area contributed by atoms with Gasteiger partial charge in [-0.15, -0.1) is 0 Å². The van der Waals surface area contributed by atoms with Gasteiger partial charge in [0.2, 0.25) is 0 Å². The number of nitrogens with two attached hydrogens (primary N) is 1. The van der Waals surface area contributed by atoms with Crippen LogP contribution in [0.5, 0.6) is 0 Å². The molecule has 0 aliphatic heterocycles. The number of halogens is 1. The van der Waals surface area contributed by atoms with Gasteiger partial charge in [-0.25, -0.2) is 4.57 Å². The fourth-order valence-corrected chi connectivity index (χ4v) is 1.65. The Morgan fingerprint density at radius 3 is 2.61 bits per heavy atom. The predicted molar refractivity (Wildman–Crippen MR) is 72.2 cm³/mol. The van der Waals surface area contributed by atoms with Crippen molar-refractivity contribution in [2.24, 2.45) is 0 Å². The van der Waals surface area contributed by atoms with E-state index in [2.05, 4.69) is 0 Å².